The van der Waals surface area contributed by atoms with E-state index in [1.807, 2.05) is 0 Å². The Labute approximate surface area is 75.2 Å². The Bertz CT molecular complexity index is 240. The van der Waals surface area contributed by atoms with Crippen LogP contribution in [-0.2, 0) is 0 Å². The van der Waals surface area contributed by atoms with Gasteiger partial charge in [0.05, 0.1) is 0 Å². The van der Waals surface area contributed by atoms with Crippen LogP contribution in [0.3, 0.4) is 0 Å². The molecule has 1 N–H and O–H groups in total. The van der Waals surface area contributed by atoms with Gasteiger partial charge in [0.1, 0.15) is 0 Å². The number of hydrogen-bond acceptors (Lipinski definition) is 3. The van der Waals surface area contributed by atoms with Crippen LogP contribution >= 0.6 is 0 Å². The van der Waals surface area contributed by atoms with Gasteiger partial charge in [-0.2, -0.15) is 0 Å². The molecule has 0 aliphatic rings. The third-order valence-electron chi connectivity index (χ3n) is 1.47. The predicted molar refractivity (Wildman–Crippen MR) is 45.7 cm³/mol. The quantitative estimate of drug-likeness (QED) is 0.782. The Morgan fingerprint density at radius 2 is 2.00 bits per heavy atom. The summed E-state index contributed by atoms with van der Waals surface area (Å²) in [5.74, 6) is 0.385. The van der Waals surface area contributed by atoms with Crippen LogP contribution in [0.15, 0.2) is 18.5 Å². The molecular weight excluding hydrogens is 176 g/mol. The lowest BCUT2D eigenvalue weighted by Gasteiger charge is -2.12. The molecule has 72 valence electrons. The first-order valence-electron chi connectivity index (χ1n) is 4.00. The molecule has 5 heteroatoms. The second-order valence-corrected chi connectivity index (χ2v) is 2.74. The minimum Gasteiger partial charge on any atom is -0.352 e. The molecule has 0 fully saturated rings. The van der Waals surface area contributed by atoms with Crippen molar-refractivity contribution in [3.05, 3.63) is 18.5 Å². The van der Waals surface area contributed by atoms with Gasteiger partial charge in [-0.05, 0) is 13.0 Å². The number of nitrogens with zero attached hydrogens (tertiary/aromatic N) is 2. The highest BCUT2D eigenvalue weighted by Crippen LogP contribution is 2.07. The zero-order valence-electron chi connectivity index (χ0n) is 7.24. The van der Waals surface area contributed by atoms with Crippen molar-refractivity contribution < 1.29 is 8.78 Å². The molecule has 0 saturated heterocycles. The van der Waals surface area contributed by atoms with Crippen LogP contribution in [0.4, 0.5) is 14.7 Å². The lowest BCUT2D eigenvalue weighted by Crippen LogP contribution is -2.19. The summed E-state index contributed by atoms with van der Waals surface area (Å²) in [6.07, 6.45) is 0.624. The first-order chi connectivity index (χ1) is 6.18. The maximum Gasteiger partial charge on any atom is 0.240 e. The van der Waals surface area contributed by atoms with Crippen molar-refractivity contribution in [2.24, 2.45) is 0 Å². The van der Waals surface area contributed by atoms with E-state index in [1.165, 1.54) is 0 Å². The van der Waals surface area contributed by atoms with Gasteiger partial charge in [0.2, 0.25) is 12.4 Å². The van der Waals surface area contributed by atoms with Gasteiger partial charge >= 0.3 is 0 Å². The lowest BCUT2D eigenvalue weighted by molar-refractivity contribution is 0.133. The summed E-state index contributed by atoms with van der Waals surface area (Å²) in [5.41, 5.74) is 0. The van der Waals surface area contributed by atoms with Crippen LogP contribution in [-0.4, -0.2) is 22.4 Å². The van der Waals surface area contributed by atoms with Crippen molar-refractivity contribution in [3.8, 4) is 0 Å². The fourth-order valence-electron chi connectivity index (χ4n) is 0.920. The molecule has 3 nitrogen and oxygen atoms in total. The zero-order chi connectivity index (χ0) is 9.68. The molecular formula is C8H11F2N3. The van der Waals surface area contributed by atoms with E-state index in [0.29, 0.717) is 5.95 Å². The van der Waals surface area contributed by atoms with E-state index in [1.54, 1.807) is 25.4 Å². The second kappa shape index (κ2) is 4.69. The topological polar surface area (TPSA) is 37.8 Å². The highest BCUT2D eigenvalue weighted by atomic mass is 19.3. The van der Waals surface area contributed by atoms with Crippen molar-refractivity contribution in [2.75, 3.05) is 5.32 Å². The highest BCUT2D eigenvalue weighted by molar-refractivity contribution is 5.23. The molecule has 1 aromatic rings. The largest absolute Gasteiger partial charge is 0.352 e. The van der Waals surface area contributed by atoms with Gasteiger partial charge in [-0.25, -0.2) is 18.7 Å². The van der Waals surface area contributed by atoms with Gasteiger partial charge in [-0.15, -0.1) is 0 Å². The summed E-state index contributed by atoms with van der Waals surface area (Å²) >= 11 is 0. The van der Waals surface area contributed by atoms with Crippen LogP contribution in [0.2, 0.25) is 0 Å². The fraction of sp³-hybridized carbons (Fsp3) is 0.500. The maximum atomic E-state index is 11.9. The molecule has 1 aromatic heterocycles. The number of hydrogen-bond donors (Lipinski definition) is 1. The molecule has 0 radical (unpaired) electrons. The number of nitrogens with one attached hydrogen (secondary N) is 1. The third-order valence-corrected chi connectivity index (χ3v) is 1.47. The van der Waals surface area contributed by atoms with Crippen LogP contribution in [0.5, 0.6) is 0 Å². The smallest absolute Gasteiger partial charge is 0.240 e. The Morgan fingerprint density at radius 3 is 2.54 bits per heavy atom. The molecule has 1 heterocycles. The minimum absolute atomic E-state index is 0.196. The first-order valence-corrected chi connectivity index (χ1v) is 4.00. The number of rotatable bonds is 4. The number of alkyl halides is 2. The fourth-order valence-corrected chi connectivity index (χ4v) is 0.920. The standard InChI is InChI=1S/C8H11F2N3/c1-6(5-7(9)10)13-8-11-3-2-4-12-8/h2-4,6-7H,5H2,1H3,(H,11,12,13). The molecule has 0 bridgehead atoms. The van der Waals surface area contributed by atoms with Gasteiger partial charge in [0.15, 0.2) is 0 Å². The van der Waals surface area contributed by atoms with Crippen molar-refractivity contribution in [3.63, 3.8) is 0 Å². The van der Waals surface area contributed by atoms with Crippen molar-refractivity contribution in [2.45, 2.75) is 25.8 Å². The molecule has 0 spiro atoms. The average molecular weight is 187 g/mol. The third kappa shape index (κ3) is 3.78. The molecule has 1 unspecified atom stereocenters. The van der Waals surface area contributed by atoms with Crippen LogP contribution in [0.25, 0.3) is 0 Å². The highest BCUT2D eigenvalue weighted by Gasteiger charge is 2.10. The van der Waals surface area contributed by atoms with Crippen molar-refractivity contribution >= 4 is 5.95 Å². The van der Waals surface area contributed by atoms with Gasteiger partial charge < -0.3 is 5.32 Å². The Kier molecular flexibility index (Phi) is 3.54. The minimum atomic E-state index is -2.30. The van der Waals surface area contributed by atoms with E-state index < -0.39 is 6.43 Å². The number of aromatic nitrogens is 2. The van der Waals surface area contributed by atoms with E-state index in [0.717, 1.165) is 0 Å². The van der Waals surface area contributed by atoms with E-state index >= 15 is 0 Å². The van der Waals surface area contributed by atoms with Crippen LogP contribution < -0.4 is 5.32 Å². The monoisotopic (exact) mass is 187 g/mol. The molecule has 1 atom stereocenters. The molecule has 0 aliphatic heterocycles. The Balaban J connectivity index is 2.41. The zero-order valence-corrected chi connectivity index (χ0v) is 7.24. The summed E-state index contributed by atoms with van der Waals surface area (Å²) in [6, 6.07) is 1.35. The predicted octanol–water partition coefficient (Wildman–Crippen LogP) is 1.93. The summed E-state index contributed by atoms with van der Waals surface area (Å²) in [5, 5.41) is 2.77. The summed E-state index contributed by atoms with van der Waals surface area (Å²) < 4.78 is 23.8. The second-order valence-electron chi connectivity index (χ2n) is 2.74. The van der Waals surface area contributed by atoms with Gasteiger partial charge in [-0.3, -0.25) is 0 Å². The van der Waals surface area contributed by atoms with Crippen LogP contribution in [0.1, 0.15) is 13.3 Å². The lowest BCUT2D eigenvalue weighted by atomic mass is 10.2. The molecule has 0 aliphatic carbocycles. The molecule has 0 saturated carbocycles. The number of anilines is 1. The Morgan fingerprint density at radius 1 is 1.38 bits per heavy atom. The van der Waals surface area contributed by atoms with E-state index in [9.17, 15) is 8.78 Å². The van der Waals surface area contributed by atoms with Crippen molar-refractivity contribution in [1.82, 2.24) is 9.97 Å². The normalized spacial score (nSPS) is 12.9. The molecule has 13 heavy (non-hydrogen) atoms. The summed E-state index contributed by atoms with van der Waals surface area (Å²) in [4.78, 5) is 7.72. The molecule has 0 amide bonds. The first kappa shape index (κ1) is 9.83. The summed E-state index contributed by atoms with van der Waals surface area (Å²) in [7, 11) is 0. The van der Waals surface area contributed by atoms with Gasteiger partial charge in [0, 0.05) is 24.9 Å². The van der Waals surface area contributed by atoms with E-state index in [4.69, 9.17) is 0 Å². The van der Waals surface area contributed by atoms with Gasteiger partial charge in [-0.1, -0.05) is 0 Å². The SMILES string of the molecule is CC(CC(F)F)Nc1ncccn1. The van der Waals surface area contributed by atoms with E-state index in [2.05, 4.69) is 15.3 Å². The van der Waals surface area contributed by atoms with E-state index in [-0.39, 0.29) is 12.5 Å². The number of halogens is 2. The van der Waals surface area contributed by atoms with Crippen LogP contribution in [0, 0.1) is 0 Å². The molecule has 0 aromatic carbocycles. The molecule has 1 rings (SSSR count). The average Bonchev–Trinajstić information content (AvgIpc) is 2.04. The summed E-state index contributed by atoms with van der Waals surface area (Å²) in [6.45, 7) is 1.67. The van der Waals surface area contributed by atoms with Gasteiger partial charge in [0.25, 0.3) is 0 Å². The maximum absolute atomic E-state index is 11.9. The Hall–Kier alpha value is -1.26. The van der Waals surface area contributed by atoms with Crippen molar-refractivity contribution in [1.29, 1.82) is 0 Å².